The van der Waals surface area contributed by atoms with Crippen LogP contribution in [-0.2, 0) is 6.18 Å². The third-order valence-electron chi connectivity index (χ3n) is 1.73. The molecule has 0 fully saturated rings. The fraction of sp³-hybridized carbons (Fsp3) is 0.200. The van der Waals surface area contributed by atoms with Crippen molar-refractivity contribution in [1.82, 2.24) is 0 Å². The number of hydrogen-bond acceptors (Lipinski definition) is 1. The summed E-state index contributed by atoms with van der Waals surface area (Å²) >= 11 is 3.82. The predicted octanol–water partition coefficient (Wildman–Crippen LogP) is 3.79. The fourth-order valence-electron chi connectivity index (χ4n) is 1.16. The second kappa shape index (κ2) is 4.70. The highest BCUT2D eigenvalue weighted by Crippen LogP contribution is 2.34. The molecule has 0 heterocycles. The predicted molar refractivity (Wildman–Crippen MR) is 54.3 cm³/mol. The van der Waals surface area contributed by atoms with E-state index in [0.717, 1.165) is 6.07 Å². The van der Waals surface area contributed by atoms with Gasteiger partial charge in [-0.1, -0.05) is 24.3 Å². The molecular formula is C10H8F4S. The molecule has 0 aliphatic carbocycles. The molecule has 0 aliphatic rings. The molecule has 0 atom stereocenters. The molecule has 1 rings (SSSR count). The monoisotopic (exact) mass is 236 g/mol. The summed E-state index contributed by atoms with van der Waals surface area (Å²) in [5.41, 5.74) is -1.42. The Morgan fingerprint density at radius 3 is 2.47 bits per heavy atom. The molecule has 0 saturated heterocycles. The number of rotatable bonds is 2. The molecule has 0 N–H and O–H groups in total. The van der Waals surface area contributed by atoms with Crippen LogP contribution in [0.25, 0.3) is 6.08 Å². The van der Waals surface area contributed by atoms with E-state index in [0.29, 0.717) is 5.75 Å². The summed E-state index contributed by atoms with van der Waals surface area (Å²) in [7, 11) is 0. The van der Waals surface area contributed by atoms with Gasteiger partial charge >= 0.3 is 6.18 Å². The molecule has 1 aromatic carbocycles. The Kier molecular flexibility index (Phi) is 3.79. The lowest BCUT2D eigenvalue weighted by Crippen LogP contribution is -2.10. The zero-order chi connectivity index (χ0) is 11.5. The highest BCUT2D eigenvalue weighted by molar-refractivity contribution is 7.80. The molecule has 0 aliphatic heterocycles. The Hall–Kier alpha value is -0.970. The Morgan fingerprint density at radius 1 is 1.27 bits per heavy atom. The van der Waals surface area contributed by atoms with Crippen molar-refractivity contribution >= 4 is 18.7 Å². The number of benzene rings is 1. The van der Waals surface area contributed by atoms with E-state index in [1.54, 1.807) is 0 Å². The maximum Gasteiger partial charge on any atom is 0.419 e. The van der Waals surface area contributed by atoms with Gasteiger partial charge in [-0.05, 0) is 11.6 Å². The van der Waals surface area contributed by atoms with Gasteiger partial charge in [0.25, 0.3) is 0 Å². The lowest BCUT2D eigenvalue weighted by Gasteiger charge is -2.10. The topological polar surface area (TPSA) is 0 Å². The van der Waals surface area contributed by atoms with Gasteiger partial charge in [-0.25, -0.2) is 4.39 Å². The average Bonchev–Trinajstić information content (AvgIpc) is 2.12. The van der Waals surface area contributed by atoms with E-state index in [1.807, 2.05) is 0 Å². The molecule has 0 saturated carbocycles. The summed E-state index contributed by atoms with van der Waals surface area (Å²) < 4.78 is 50.3. The van der Waals surface area contributed by atoms with Crippen LogP contribution in [0.2, 0.25) is 0 Å². The van der Waals surface area contributed by atoms with Crippen molar-refractivity contribution in [3.8, 4) is 0 Å². The third-order valence-corrected chi connectivity index (χ3v) is 1.94. The molecule has 15 heavy (non-hydrogen) atoms. The van der Waals surface area contributed by atoms with Crippen molar-refractivity contribution in [2.24, 2.45) is 0 Å². The minimum atomic E-state index is -4.68. The maximum atomic E-state index is 13.0. The van der Waals surface area contributed by atoms with E-state index in [4.69, 9.17) is 0 Å². The van der Waals surface area contributed by atoms with E-state index in [9.17, 15) is 17.6 Å². The van der Waals surface area contributed by atoms with E-state index in [-0.39, 0.29) is 5.56 Å². The Labute approximate surface area is 90.0 Å². The Bertz CT molecular complexity index is 368. The van der Waals surface area contributed by atoms with Gasteiger partial charge in [0.1, 0.15) is 5.82 Å². The quantitative estimate of drug-likeness (QED) is 0.586. The molecule has 0 aromatic heterocycles. The van der Waals surface area contributed by atoms with E-state index in [1.165, 1.54) is 24.3 Å². The van der Waals surface area contributed by atoms with Crippen LogP contribution in [0.4, 0.5) is 17.6 Å². The van der Waals surface area contributed by atoms with Gasteiger partial charge in [-0.15, -0.1) is 0 Å². The standard InChI is InChI=1S/C10H8F4S/c11-8-5-1-3-7(4-2-6-15)9(8)10(12,13)14/h1-5,15H,6H2. The molecule has 0 amide bonds. The van der Waals surface area contributed by atoms with Crippen molar-refractivity contribution < 1.29 is 17.6 Å². The molecule has 0 bridgehead atoms. The van der Waals surface area contributed by atoms with Crippen LogP contribution in [0.15, 0.2) is 24.3 Å². The largest absolute Gasteiger partial charge is 0.419 e. The first kappa shape index (κ1) is 12.1. The first-order valence-electron chi connectivity index (χ1n) is 4.10. The van der Waals surface area contributed by atoms with Gasteiger partial charge in [0.15, 0.2) is 0 Å². The zero-order valence-electron chi connectivity index (χ0n) is 7.55. The first-order valence-corrected chi connectivity index (χ1v) is 4.73. The lowest BCUT2D eigenvalue weighted by atomic mass is 10.1. The van der Waals surface area contributed by atoms with Crippen LogP contribution in [0.1, 0.15) is 11.1 Å². The highest BCUT2D eigenvalue weighted by Gasteiger charge is 2.35. The maximum absolute atomic E-state index is 13.0. The molecule has 1 aromatic rings. The van der Waals surface area contributed by atoms with Crippen molar-refractivity contribution in [3.05, 3.63) is 41.2 Å². The summed E-state index contributed by atoms with van der Waals surface area (Å²) in [5.74, 6) is -0.961. The van der Waals surface area contributed by atoms with Crippen molar-refractivity contribution in [2.45, 2.75) is 6.18 Å². The minimum absolute atomic E-state index is 0.184. The molecule has 0 radical (unpaired) electrons. The summed E-state index contributed by atoms with van der Waals surface area (Å²) in [6.07, 6.45) is -2.05. The molecule has 0 spiro atoms. The van der Waals surface area contributed by atoms with E-state index in [2.05, 4.69) is 12.6 Å². The number of hydrogen-bond donors (Lipinski definition) is 1. The summed E-state index contributed by atoms with van der Waals surface area (Å²) in [6, 6.07) is 3.25. The second-order valence-electron chi connectivity index (χ2n) is 2.79. The van der Waals surface area contributed by atoms with Gasteiger partial charge in [-0.3, -0.25) is 0 Å². The van der Waals surface area contributed by atoms with Gasteiger partial charge in [-0.2, -0.15) is 25.8 Å². The summed E-state index contributed by atoms with van der Waals surface area (Å²) in [5, 5.41) is 0. The zero-order valence-corrected chi connectivity index (χ0v) is 8.45. The molecule has 5 heteroatoms. The van der Waals surface area contributed by atoms with Crippen LogP contribution >= 0.6 is 12.6 Å². The minimum Gasteiger partial charge on any atom is -0.206 e. The van der Waals surface area contributed by atoms with Gasteiger partial charge in [0.2, 0.25) is 0 Å². The van der Waals surface area contributed by atoms with Crippen LogP contribution in [0.5, 0.6) is 0 Å². The Balaban J connectivity index is 3.27. The first-order chi connectivity index (χ1) is 6.96. The van der Waals surface area contributed by atoms with Gasteiger partial charge in [0, 0.05) is 5.75 Å². The van der Waals surface area contributed by atoms with Crippen molar-refractivity contribution in [2.75, 3.05) is 5.75 Å². The molecule has 0 nitrogen and oxygen atoms in total. The van der Waals surface area contributed by atoms with Crippen molar-refractivity contribution in [3.63, 3.8) is 0 Å². The Morgan fingerprint density at radius 2 is 1.93 bits per heavy atom. The fourth-order valence-corrected chi connectivity index (χ4v) is 1.26. The SMILES string of the molecule is Fc1cccc(C=CCS)c1C(F)(F)F. The normalized spacial score (nSPS) is 12.3. The van der Waals surface area contributed by atoms with Crippen LogP contribution < -0.4 is 0 Å². The van der Waals surface area contributed by atoms with Crippen molar-refractivity contribution in [1.29, 1.82) is 0 Å². The third kappa shape index (κ3) is 2.99. The summed E-state index contributed by atoms with van der Waals surface area (Å²) in [6.45, 7) is 0. The van der Waals surface area contributed by atoms with Crippen LogP contribution in [0, 0.1) is 5.82 Å². The van der Waals surface area contributed by atoms with Crippen LogP contribution in [0.3, 0.4) is 0 Å². The smallest absolute Gasteiger partial charge is 0.206 e. The van der Waals surface area contributed by atoms with Crippen LogP contribution in [-0.4, -0.2) is 5.75 Å². The molecular weight excluding hydrogens is 228 g/mol. The average molecular weight is 236 g/mol. The summed E-state index contributed by atoms with van der Waals surface area (Å²) in [4.78, 5) is 0. The molecule has 82 valence electrons. The number of halogens is 4. The number of alkyl halides is 3. The highest BCUT2D eigenvalue weighted by atomic mass is 32.1. The second-order valence-corrected chi connectivity index (χ2v) is 3.15. The van der Waals surface area contributed by atoms with Gasteiger partial charge < -0.3 is 0 Å². The lowest BCUT2D eigenvalue weighted by molar-refractivity contribution is -0.140. The van der Waals surface area contributed by atoms with E-state index < -0.39 is 17.6 Å². The van der Waals surface area contributed by atoms with Gasteiger partial charge in [0.05, 0.1) is 5.56 Å². The van der Waals surface area contributed by atoms with E-state index >= 15 is 0 Å². The molecule has 0 unspecified atom stereocenters. The number of thiol groups is 1.